The second-order valence-corrected chi connectivity index (χ2v) is 24.9. The number of hydrogen-bond donors (Lipinski definition) is 1. The molecule has 0 aromatic carbocycles. The van der Waals surface area contributed by atoms with Crippen molar-refractivity contribution in [2.24, 2.45) is 0 Å². The standard InChI is InChI=1S/C68H133NO8/c1-6-8-10-12-14-16-18-20-21-22-23-24-25-26-27-28-29-30-31-32-33-34-35-36-37-38-39-40-41-42-43-44-45-47-49-51-53-55-57-59-66(71)77-64(63-76-68(67(72)73)74-61-60-69(3,4)5)62-75-65(70)58-56-54-52-50-48-46-19-17-15-13-11-9-7-2/h64,68H,6-63H2,1-5H3/p+1. The normalized spacial score (nSPS) is 12.6. The Bertz CT molecular complexity index is 1220. The first-order valence-electron chi connectivity index (χ1n) is 34.2. The lowest BCUT2D eigenvalue weighted by atomic mass is 10.0. The SMILES string of the molecule is CCCCCCCCCCCCCCCCCCCCCCCCCCCCCCCCCCCCCCCCCC(=O)OC(COC(=O)CCCCCCCCCCCCCCC)COC(OCC[N+](C)(C)C)C(=O)O. The highest BCUT2D eigenvalue weighted by atomic mass is 16.7. The van der Waals surface area contributed by atoms with Gasteiger partial charge in [-0.1, -0.05) is 335 Å². The summed E-state index contributed by atoms with van der Waals surface area (Å²) in [7, 11) is 5.99. The van der Waals surface area contributed by atoms with Crippen LogP contribution >= 0.6 is 0 Å². The zero-order valence-corrected chi connectivity index (χ0v) is 52.4. The molecule has 0 fully saturated rings. The van der Waals surface area contributed by atoms with Gasteiger partial charge in [0.1, 0.15) is 13.2 Å². The van der Waals surface area contributed by atoms with Crippen LogP contribution in [-0.4, -0.2) is 87.4 Å². The maximum absolute atomic E-state index is 12.9. The Kier molecular flexibility index (Phi) is 59.0. The maximum Gasteiger partial charge on any atom is 0.361 e. The Balaban J connectivity index is 3.86. The molecule has 0 aromatic heterocycles. The van der Waals surface area contributed by atoms with E-state index in [0.29, 0.717) is 17.4 Å². The van der Waals surface area contributed by atoms with Gasteiger partial charge >= 0.3 is 17.9 Å². The van der Waals surface area contributed by atoms with E-state index >= 15 is 0 Å². The van der Waals surface area contributed by atoms with Crippen molar-refractivity contribution in [3.8, 4) is 0 Å². The number of hydrogen-bond acceptors (Lipinski definition) is 7. The van der Waals surface area contributed by atoms with E-state index in [9.17, 15) is 19.5 Å². The molecule has 458 valence electrons. The summed E-state index contributed by atoms with van der Waals surface area (Å²) in [6, 6.07) is 0. The van der Waals surface area contributed by atoms with Gasteiger partial charge in [0.2, 0.25) is 0 Å². The van der Waals surface area contributed by atoms with Gasteiger partial charge in [-0.2, -0.15) is 0 Å². The van der Waals surface area contributed by atoms with Crippen LogP contribution in [0, 0.1) is 0 Å². The molecule has 9 heteroatoms. The van der Waals surface area contributed by atoms with E-state index < -0.39 is 18.4 Å². The lowest BCUT2D eigenvalue weighted by molar-refractivity contribution is -0.870. The molecule has 0 saturated heterocycles. The third-order valence-electron chi connectivity index (χ3n) is 15.9. The lowest BCUT2D eigenvalue weighted by Gasteiger charge is -2.25. The summed E-state index contributed by atoms with van der Waals surface area (Å²) < 4.78 is 22.9. The fraction of sp³-hybridized carbons (Fsp3) is 0.956. The predicted molar refractivity (Wildman–Crippen MR) is 328 cm³/mol. The molecule has 77 heavy (non-hydrogen) atoms. The smallest absolute Gasteiger partial charge is 0.361 e. The number of esters is 2. The Morgan fingerprint density at radius 2 is 0.584 bits per heavy atom. The molecule has 9 nitrogen and oxygen atoms in total. The van der Waals surface area contributed by atoms with Crippen LogP contribution in [-0.2, 0) is 33.3 Å². The molecule has 0 radical (unpaired) electrons. The van der Waals surface area contributed by atoms with Gasteiger partial charge in [0.15, 0.2) is 6.10 Å². The van der Waals surface area contributed by atoms with Crippen molar-refractivity contribution in [3.05, 3.63) is 0 Å². The fourth-order valence-corrected chi connectivity index (χ4v) is 10.6. The first kappa shape index (κ1) is 75.3. The van der Waals surface area contributed by atoms with Gasteiger partial charge in [0.05, 0.1) is 34.4 Å². The van der Waals surface area contributed by atoms with Crippen LogP contribution in [0.1, 0.15) is 361 Å². The molecule has 2 atom stereocenters. The zero-order valence-electron chi connectivity index (χ0n) is 52.4. The van der Waals surface area contributed by atoms with Crippen molar-refractivity contribution in [1.29, 1.82) is 0 Å². The number of aliphatic carboxylic acids is 1. The van der Waals surface area contributed by atoms with Crippen molar-refractivity contribution in [3.63, 3.8) is 0 Å². The van der Waals surface area contributed by atoms with Crippen molar-refractivity contribution in [1.82, 2.24) is 0 Å². The van der Waals surface area contributed by atoms with Crippen LogP contribution in [0.3, 0.4) is 0 Å². The van der Waals surface area contributed by atoms with Gasteiger partial charge in [-0.25, -0.2) is 4.79 Å². The third kappa shape index (κ3) is 61.8. The van der Waals surface area contributed by atoms with Crippen LogP contribution in [0.4, 0.5) is 0 Å². The second-order valence-electron chi connectivity index (χ2n) is 24.9. The predicted octanol–water partition coefficient (Wildman–Crippen LogP) is 20.7. The van der Waals surface area contributed by atoms with Gasteiger partial charge in [-0.3, -0.25) is 9.59 Å². The van der Waals surface area contributed by atoms with E-state index in [4.69, 9.17) is 18.9 Å². The Hall–Kier alpha value is -1.71. The van der Waals surface area contributed by atoms with E-state index in [1.807, 2.05) is 21.1 Å². The molecule has 0 aliphatic heterocycles. The number of ether oxygens (including phenoxy) is 4. The molecule has 0 bridgehead atoms. The summed E-state index contributed by atoms with van der Waals surface area (Å²) in [6.07, 6.45) is 68.2. The van der Waals surface area contributed by atoms with E-state index in [1.165, 1.54) is 295 Å². The molecule has 0 saturated carbocycles. The van der Waals surface area contributed by atoms with Crippen LogP contribution in [0.5, 0.6) is 0 Å². The minimum Gasteiger partial charge on any atom is -0.477 e. The van der Waals surface area contributed by atoms with Gasteiger partial charge < -0.3 is 28.5 Å². The van der Waals surface area contributed by atoms with Crippen molar-refractivity contribution >= 4 is 17.9 Å². The Morgan fingerprint density at radius 3 is 0.831 bits per heavy atom. The number of likely N-dealkylation sites (N-methyl/N-ethyl adjacent to an activating group) is 1. The molecule has 1 N–H and O–H groups in total. The lowest BCUT2D eigenvalue weighted by Crippen LogP contribution is -2.40. The monoisotopic (exact) mass is 1090 g/mol. The summed E-state index contributed by atoms with van der Waals surface area (Å²) >= 11 is 0. The fourth-order valence-electron chi connectivity index (χ4n) is 10.6. The van der Waals surface area contributed by atoms with Crippen LogP contribution in [0.15, 0.2) is 0 Å². The van der Waals surface area contributed by atoms with Crippen LogP contribution in [0.25, 0.3) is 0 Å². The molecule has 0 rings (SSSR count). The van der Waals surface area contributed by atoms with Crippen molar-refractivity contribution in [2.45, 2.75) is 373 Å². The first-order chi connectivity index (χ1) is 37.6. The van der Waals surface area contributed by atoms with E-state index in [0.717, 1.165) is 38.5 Å². The Labute approximate surface area is 479 Å². The average molecular weight is 1090 g/mol. The topological polar surface area (TPSA) is 108 Å². The van der Waals surface area contributed by atoms with Crippen LogP contribution in [0.2, 0.25) is 0 Å². The van der Waals surface area contributed by atoms with Gasteiger partial charge in [-0.05, 0) is 12.8 Å². The number of carboxylic acid groups (broad SMARTS) is 1. The number of unbranched alkanes of at least 4 members (excludes halogenated alkanes) is 50. The molecular weight excluding hydrogens is 959 g/mol. The van der Waals surface area contributed by atoms with Crippen molar-refractivity contribution in [2.75, 3.05) is 47.5 Å². The van der Waals surface area contributed by atoms with E-state index in [1.54, 1.807) is 0 Å². The highest BCUT2D eigenvalue weighted by molar-refractivity contribution is 5.71. The quantitative estimate of drug-likeness (QED) is 0.0278. The second kappa shape index (κ2) is 60.4. The molecule has 0 aliphatic rings. The number of carboxylic acids is 1. The van der Waals surface area contributed by atoms with E-state index in [-0.39, 0.29) is 38.2 Å². The number of carbonyl (C=O) groups excluding carboxylic acids is 2. The highest BCUT2D eigenvalue weighted by Gasteiger charge is 2.25. The number of nitrogens with zero attached hydrogens (tertiary/aromatic N) is 1. The number of quaternary nitrogens is 1. The first-order valence-corrected chi connectivity index (χ1v) is 34.2. The molecular formula is C68H134NO8+. The van der Waals surface area contributed by atoms with Crippen LogP contribution < -0.4 is 0 Å². The molecule has 0 aromatic rings. The van der Waals surface area contributed by atoms with Gasteiger partial charge in [-0.15, -0.1) is 0 Å². The highest BCUT2D eigenvalue weighted by Crippen LogP contribution is 2.19. The van der Waals surface area contributed by atoms with Crippen molar-refractivity contribution < 1.29 is 42.9 Å². The summed E-state index contributed by atoms with van der Waals surface area (Å²) in [5.41, 5.74) is 0. The Morgan fingerprint density at radius 1 is 0.338 bits per heavy atom. The molecule has 0 aliphatic carbocycles. The third-order valence-corrected chi connectivity index (χ3v) is 15.9. The minimum absolute atomic E-state index is 0.173. The molecule has 0 amide bonds. The summed E-state index contributed by atoms with van der Waals surface area (Å²) in [5.74, 6) is -1.97. The zero-order chi connectivity index (χ0) is 56.2. The summed E-state index contributed by atoms with van der Waals surface area (Å²) in [4.78, 5) is 37.4. The number of rotatable bonds is 65. The maximum atomic E-state index is 12.9. The number of carbonyl (C=O) groups is 3. The summed E-state index contributed by atoms with van der Waals surface area (Å²) in [6.45, 7) is 4.94. The summed E-state index contributed by atoms with van der Waals surface area (Å²) in [5, 5.41) is 9.70. The van der Waals surface area contributed by atoms with Gasteiger partial charge in [0, 0.05) is 12.8 Å². The van der Waals surface area contributed by atoms with E-state index in [2.05, 4.69) is 13.8 Å². The minimum atomic E-state index is -1.50. The average Bonchev–Trinajstić information content (AvgIpc) is 3.40. The molecule has 0 spiro atoms. The molecule has 0 heterocycles. The molecule has 2 unspecified atom stereocenters. The van der Waals surface area contributed by atoms with Gasteiger partial charge in [0.25, 0.3) is 6.29 Å². The largest absolute Gasteiger partial charge is 0.477 e.